The van der Waals surface area contributed by atoms with E-state index in [4.69, 9.17) is 4.74 Å². The Hall–Kier alpha value is -2.89. The zero-order valence-electron chi connectivity index (χ0n) is 15.8. The maximum absolute atomic E-state index is 12.6. The monoisotopic (exact) mass is 367 g/mol. The summed E-state index contributed by atoms with van der Waals surface area (Å²) in [7, 11) is 0. The van der Waals surface area contributed by atoms with Crippen molar-refractivity contribution in [2.75, 3.05) is 29.9 Å². The number of hydrogen-bond acceptors (Lipinski definition) is 5. The molecule has 0 radical (unpaired) electrons. The molecule has 1 saturated heterocycles. The summed E-state index contributed by atoms with van der Waals surface area (Å²) in [4.78, 5) is 31.3. The summed E-state index contributed by atoms with van der Waals surface area (Å²) in [5.74, 6) is 0.885. The van der Waals surface area contributed by atoms with Crippen molar-refractivity contribution in [2.24, 2.45) is 5.92 Å². The fraction of sp³-hybridized carbons (Fsp3) is 0.381. The van der Waals surface area contributed by atoms with Crippen LogP contribution < -0.4 is 10.2 Å². The first-order valence-electron chi connectivity index (χ1n) is 9.37. The van der Waals surface area contributed by atoms with Gasteiger partial charge in [0.05, 0.1) is 23.4 Å². The van der Waals surface area contributed by atoms with E-state index in [9.17, 15) is 9.59 Å². The van der Waals surface area contributed by atoms with Crippen LogP contribution in [-0.4, -0.2) is 36.6 Å². The highest BCUT2D eigenvalue weighted by Gasteiger charge is 2.18. The third kappa shape index (κ3) is 4.64. The molecule has 0 spiro atoms. The van der Waals surface area contributed by atoms with Crippen molar-refractivity contribution < 1.29 is 14.3 Å². The quantitative estimate of drug-likeness (QED) is 0.815. The van der Waals surface area contributed by atoms with Crippen molar-refractivity contribution in [3.8, 4) is 0 Å². The van der Waals surface area contributed by atoms with Gasteiger partial charge in [0.1, 0.15) is 5.82 Å². The number of pyridine rings is 1. The van der Waals surface area contributed by atoms with Crippen LogP contribution in [0.15, 0.2) is 42.6 Å². The molecule has 0 bridgehead atoms. The van der Waals surface area contributed by atoms with E-state index in [0.29, 0.717) is 16.8 Å². The fourth-order valence-corrected chi connectivity index (χ4v) is 3.12. The highest BCUT2D eigenvalue weighted by atomic mass is 16.5. The second-order valence-corrected chi connectivity index (χ2v) is 6.79. The smallest absolute Gasteiger partial charge is 0.340 e. The lowest BCUT2D eigenvalue weighted by Gasteiger charge is -2.31. The first kappa shape index (κ1) is 18.9. The minimum Gasteiger partial charge on any atom is -0.462 e. The summed E-state index contributed by atoms with van der Waals surface area (Å²) < 4.78 is 5.04. The molecule has 1 aromatic heterocycles. The lowest BCUT2D eigenvalue weighted by molar-refractivity contribution is 0.0527. The summed E-state index contributed by atoms with van der Waals surface area (Å²) >= 11 is 0. The van der Waals surface area contributed by atoms with Crippen LogP contribution in [0.2, 0.25) is 0 Å². The minimum atomic E-state index is -0.457. The second kappa shape index (κ2) is 8.66. The molecule has 1 amide bonds. The molecular formula is C21H25N3O3. The van der Waals surface area contributed by atoms with Crippen LogP contribution in [0.25, 0.3) is 0 Å². The molecule has 142 valence electrons. The standard InChI is InChI=1S/C21H25N3O3/c1-3-27-21(26)17-6-4-5-7-18(17)23-20(25)16-8-9-19(22-14-16)24-12-10-15(2)11-13-24/h4-9,14-15H,3,10-13H2,1-2H3,(H,23,25). The first-order valence-corrected chi connectivity index (χ1v) is 9.37. The molecule has 2 heterocycles. The molecule has 1 N–H and O–H groups in total. The SMILES string of the molecule is CCOC(=O)c1ccccc1NC(=O)c1ccc(N2CCC(C)CC2)nc1. The summed E-state index contributed by atoms with van der Waals surface area (Å²) in [6.45, 7) is 6.28. The van der Waals surface area contributed by atoms with E-state index >= 15 is 0 Å². The van der Waals surface area contributed by atoms with E-state index in [1.165, 1.54) is 0 Å². The number of ether oxygens (including phenoxy) is 1. The van der Waals surface area contributed by atoms with Gasteiger partial charge >= 0.3 is 5.97 Å². The molecule has 27 heavy (non-hydrogen) atoms. The molecular weight excluding hydrogens is 342 g/mol. The van der Waals surface area contributed by atoms with Crippen LogP contribution in [0.5, 0.6) is 0 Å². The summed E-state index contributed by atoms with van der Waals surface area (Å²) in [6, 6.07) is 10.5. The number of aromatic nitrogens is 1. The number of carbonyl (C=O) groups excluding carboxylic acids is 2. The zero-order chi connectivity index (χ0) is 19.2. The van der Waals surface area contributed by atoms with Gasteiger partial charge < -0.3 is 15.0 Å². The van der Waals surface area contributed by atoms with Crippen molar-refractivity contribution >= 4 is 23.4 Å². The lowest BCUT2D eigenvalue weighted by Crippen LogP contribution is -2.33. The van der Waals surface area contributed by atoms with Crippen LogP contribution in [0, 0.1) is 5.92 Å². The van der Waals surface area contributed by atoms with Crippen molar-refractivity contribution in [1.82, 2.24) is 4.98 Å². The van der Waals surface area contributed by atoms with E-state index in [1.807, 2.05) is 6.07 Å². The first-order chi connectivity index (χ1) is 13.1. The Bertz CT molecular complexity index is 797. The number of anilines is 2. The third-order valence-corrected chi connectivity index (χ3v) is 4.79. The van der Waals surface area contributed by atoms with Gasteiger partial charge in [-0.05, 0) is 49.9 Å². The van der Waals surface area contributed by atoms with Crippen LogP contribution >= 0.6 is 0 Å². The number of hydrogen-bond donors (Lipinski definition) is 1. The number of nitrogens with one attached hydrogen (secondary N) is 1. The molecule has 6 nitrogen and oxygen atoms in total. The van der Waals surface area contributed by atoms with Gasteiger partial charge in [-0.3, -0.25) is 4.79 Å². The normalized spacial score (nSPS) is 14.7. The Balaban J connectivity index is 1.69. The van der Waals surface area contributed by atoms with Gasteiger partial charge in [-0.1, -0.05) is 19.1 Å². The highest BCUT2D eigenvalue weighted by Crippen LogP contribution is 2.22. The Morgan fingerprint density at radius 2 is 1.93 bits per heavy atom. The second-order valence-electron chi connectivity index (χ2n) is 6.79. The molecule has 0 aliphatic carbocycles. The van der Waals surface area contributed by atoms with Crippen molar-refractivity contribution in [3.05, 3.63) is 53.7 Å². The number of carbonyl (C=O) groups is 2. The summed E-state index contributed by atoms with van der Waals surface area (Å²) in [5.41, 5.74) is 1.21. The average Bonchev–Trinajstić information content (AvgIpc) is 2.69. The maximum atomic E-state index is 12.6. The molecule has 1 aliphatic rings. The van der Waals surface area contributed by atoms with Crippen molar-refractivity contribution in [2.45, 2.75) is 26.7 Å². The Labute approximate surface area is 159 Å². The van der Waals surface area contributed by atoms with Gasteiger partial charge in [-0.2, -0.15) is 0 Å². The summed E-state index contributed by atoms with van der Waals surface area (Å²) in [5, 5.41) is 2.78. The Morgan fingerprint density at radius 3 is 2.59 bits per heavy atom. The number of esters is 1. The van der Waals surface area contributed by atoms with Crippen molar-refractivity contribution in [3.63, 3.8) is 0 Å². The molecule has 1 aromatic carbocycles. The van der Waals surface area contributed by atoms with Crippen LogP contribution in [0.4, 0.5) is 11.5 Å². The van der Waals surface area contributed by atoms with Gasteiger partial charge in [0, 0.05) is 19.3 Å². The molecule has 1 fully saturated rings. The summed E-state index contributed by atoms with van der Waals surface area (Å²) in [6.07, 6.45) is 3.90. The predicted octanol–water partition coefficient (Wildman–Crippen LogP) is 3.75. The zero-order valence-corrected chi connectivity index (χ0v) is 15.8. The van der Waals surface area contributed by atoms with Gasteiger partial charge in [0.2, 0.25) is 0 Å². The minimum absolute atomic E-state index is 0.280. The molecule has 0 saturated carbocycles. The van der Waals surface area contributed by atoms with Crippen LogP contribution in [0.3, 0.4) is 0 Å². The van der Waals surface area contributed by atoms with Crippen LogP contribution in [0.1, 0.15) is 47.4 Å². The molecule has 2 aromatic rings. The maximum Gasteiger partial charge on any atom is 0.340 e. The largest absolute Gasteiger partial charge is 0.462 e. The van der Waals surface area contributed by atoms with Gasteiger partial charge in [0.25, 0.3) is 5.91 Å². The number of nitrogens with zero attached hydrogens (tertiary/aromatic N) is 2. The van der Waals surface area contributed by atoms with Crippen LogP contribution in [-0.2, 0) is 4.74 Å². The van der Waals surface area contributed by atoms with E-state index in [-0.39, 0.29) is 12.5 Å². The molecule has 0 atom stereocenters. The van der Waals surface area contributed by atoms with Gasteiger partial charge in [-0.25, -0.2) is 9.78 Å². The van der Waals surface area contributed by atoms with Gasteiger partial charge in [0.15, 0.2) is 0 Å². The number of para-hydroxylation sites is 1. The van der Waals surface area contributed by atoms with Crippen molar-refractivity contribution in [1.29, 1.82) is 0 Å². The predicted molar refractivity (Wildman–Crippen MR) is 105 cm³/mol. The molecule has 0 unspecified atom stereocenters. The average molecular weight is 367 g/mol. The van der Waals surface area contributed by atoms with E-state index in [2.05, 4.69) is 22.1 Å². The highest BCUT2D eigenvalue weighted by molar-refractivity contribution is 6.07. The Kier molecular flexibility index (Phi) is 6.06. The topological polar surface area (TPSA) is 71.5 Å². The number of benzene rings is 1. The number of piperidine rings is 1. The molecule has 6 heteroatoms. The van der Waals surface area contributed by atoms with E-state index in [0.717, 1.165) is 37.7 Å². The number of amides is 1. The molecule has 3 rings (SSSR count). The Morgan fingerprint density at radius 1 is 1.19 bits per heavy atom. The van der Waals surface area contributed by atoms with E-state index < -0.39 is 5.97 Å². The number of rotatable bonds is 5. The molecule has 1 aliphatic heterocycles. The fourth-order valence-electron chi connectivity index (χ4n) is 3.12. The third-order valence-electron chi connectivity index (χ3n) is 4.79. The van der Waals surface area contributed by atoms with E-state index in [1.54, 1.807) is 43.5 Å². The lowest BCUT2D eigenvalue weighted by atomic mass is 9.99. The van der Waals surface area contributed by atoms with Gasteiger partial charge in [-0.15, -0.1) is 0 Å².